The molecule has 0 aliphatic rings. The highest BCUT2D eigenvalue weighted by Gasteiger charge is 2.60. The number of carbonyl (C=O) groups excluding carboxylic acids is 1. The molecule has 0 saturated heterocycles. The first-order chi connectivity index (χ1) is 9.87. The highest BCUT2D eigenvalue weighted by atomic mass is 19.2. The molecule has 0 radical (unpaired) electrons. The summed E-state index contributed by atoms with van der Waals surface area (Å²) < 4.78 is 30.2. The van der Waals surface area contributed by atoms with Crippen molar-refractivity contribution in [1.29, 1.82) is 0 Å². The number of carbonyl (C=O) groups is 1. The van der Waals surface area contributed by atoms with Crippen molar-refractivity contribution in [3.63, 3.8) is 0 Å². The fourth-order valence-electron chi connectivity index (χ4n) is 0.927. The predicted molar refractivity (Wildman–Crippen MR) is 55.8 cm³/mol. The highest BCUT2D eigenvalue weighted by Crippen LogP contribution is 2.21. The molecule has 0 saturated carbocycles. The Morgan fingerprint density at radius 2 is 1.23 bits per heavy atom. The maximum Gasteiger partial charge on any atom is 0.648 e. The number of nitro groups is 4. The Kier molecular flexibility index (Phi) is 5.67. The number of nitrogens with zero attached hydrogens (tertiary/aromatic N) is 4. The van der Waals surface area contributed by atoms with Crippen molar-refractivity contribution in [2.45, 2.75) is 24.7 Å². The van der Waals surface area contributed by atoms with Gasteiger partial charge in [0.1, 0.15) is 26.1 Å². The minimum absolute atomic E-state index is 1.34. The number of halogens is 2. The SMILES string of the molecule is O=C(CCC(F)([N+](=O)[O-])[N+](=O)[O-])OCC(F)([N+](=O)[O-])[N+](=O)[O-]. The van der Waals surface area contributed by atoms with Gasteiger partial charge in [0.25, 0.3) is 6.61 Å². The number of esters is 1. The van der Waals surface area contributed by atoms with Gasteiger partial charge in [0.15, 0.2) is 0 Å². The summed E-state index contributed by atoms with van der Waals surface area (Å²) in [6.45, 7) is -2.00. The molecule has 0 unspecified atom stereocenters. The largest absolute Gasteiger partial charge is 0.648 e. The van der Waals surface area contributed by atoms with Crippen molar-refractivity contribution < 1.29 is 38.0 Å². The molecule has 0 N–H and O–H groups in total. The lowest BCUT2D eigenvalue weighted by Gasteiger charge is -2.10. The summed E-state index contributed by atoms with van der Waals surface area (Å²) in [7, 11) is 0. The average Bonchev–Trinajstić information content (AvgIpc) is 2.40. The molecular formula is C6H6F2N4O10. The molecule has 0 aliphatic heterocycles. The standard InChI is InChI=1S/C6H6F2N4O10/c7-5(9(14)15,10(16)17)2-1-4(13)22-3-6(8,11(18)19)12(20)21/h1-3H2. The average molecular weight is 332 g/mol. The van der Waals surface area contributed by atoms with E-state index >= 15 is 0 Å². The molecule has 0 fully saturated rings. The number of ether oxygens (including phenoxy) is 1. The maximum atomic E-state index is 13.2. The van der Waals surface area contributed by atoms with Crippen LogP contribution in [-0.4, -0.2) is 44.1 Å². The van der Waals surface area contributed by atoms with Gasteiger partial charge in [-0.15, -0.1) is 0 Å². The smallest absolute Gasteiger partial charge is 0.446 e. The van der Waals surface area contributed by atoms with Crippen LogP contribution < -0.4 is 0 Å². The van der Waals surface area contributed by atoms with Crippen LogP contribution in [0.15, 0.2) is 0 Å². The molecule has 0 rings (SSSR count). The summed E-state index contributed by atoms with van der Waals surface area (Å²) in [5, 5.41) is 40.6. The summed E-state index contributed by atoms with van der Waals surface area (Å²) in [6, 6.07) is 0. The third-order valence-corrected chi connectivity index (χ3v) is 2.18. The van der Waals surface area contributed by atoms with Gasteiger partial charge in [0.2, 0.25) is 0 Å². The molecule has 0 heterocycles. The van der Waals surface area contributed by atoms with Gasteiger partial charge in [-0.25, -0.2) is 0 Å². The van der Waals surface area contributed by atoms with Crippen molar-refractivity contribution in [2.75, 3.05) is 6.61 Å². The third kappa shape index (κ3) is 3.96. The van der Waals surface area contributed by atoms with E-state index < -0.39 is 56.9 Å². The van der Waals surface area contributed by atoms with Gasteiger partial charge >= 0.3 is 17.8 Å². The van der Waals surface area contributed by atoms with Crippen molar-refractivity contribution in [3.05, 3.63) is 40.5 Å². The summed E-state index contributed by atoms with van der Waals surface area (Å²) in [4.78, 5) is 43.7. The molecule has 124 valence electrons. The highest BCUT2D eigenvalue weighted by molar-refractivity contribution is 5.69. The van der Waals surface area contributed by atoms with E-state index in [0.717, 1.165) is 0 Å². The lowest BCUT2D eigenvalue weighted by atomic mass is 10.2. The first-order valence-electron chi connectivity index (χ1n) is 4.99. The van der Waals surface area contributed by atoms with Crippen LogP contribution in [0.3, 0.4) is 0 Å². The lowest BCUT2D eigenvalue weighted by molar-refractivity contribution is -0.832. The molecule has 0 aromatic rings. The van der Waals surface area contributed by atoms with Crippen LogP contribution in [0, 0.1) is 40.5 Å². The second kappa shape index (κ2) is 6.59. The molecule has 16 heteroatoms. The van der Waals surface area contributed by atoms with Crippen LogP contribution in [0.2, 0.25) is 0 Å². The van der Waals surface area contributed by atoms with E-state index in [1.165, 1.54) is 0 Å². The molecule has 0 aromatic heterocycles. The number of hydrogen-bond acceptors (Lipinski definition) is 10. The first-order valence-corrected chi connectivity index (χ1v) is 4.99. The minimum atomic E-state index is -4.37. The molecule has 0 aromatic carbocycles. The van der Waals surface area contributed by atoms with E-state index in [1.807, 2.05) is 0 Å². The van der Waals surface area contributed by atoms with E-state index in [2.05, 4.69) is 4.74 Å². The van der Waals surface area contributed by atoms with Crippen molar-refractivity contribution in [2.24, 2.45) is 0 Å². The lowest BCUT2D eigenvalue weighted by Crippen LogP contribution is -2.46. The van der Waals surface area contributed by atoms with Gasteiger partial charge < -0.3 is 4.74 Å². The second-order valence-electron chi connectivity index (χ2n) is 3.63. The molecule has 0 atom stereocenters. The Labute approximate surface area is 117 Å². The molecule has 0 amide bonds. The Balaban J connectivity index is 4.72. The molecule has 0 bridgehead atoms. The zero-order valence-corrected chi connectivity index (χ0v) is 10.2. The molecule has 0 aliphatic carbocycles. The monoisotopic (exact) mass is 332 g/mol. The molecule has 14 nitrogen and oxygen atoms in total. The van der Waals surface area contributed by atoms with Gasteiger partial charge in [-0.3, -0.25) is 45.3 Å². The molecule has 0 spiro atoms. The number of rotatable bonds is 9. The van der Waals surface area contributed by atoms with Crippen LogP contribution >= 0.6 is 0 Å². The third-order valence-electron chi connectivity index (χ3n) is 2.18. The summed E-state index contributed by atoms with van der Waals surface area (Å²) in [5.74, 6) is -10.3. The Bertz CT molecular complexity index is 452. The topological polar surface area (TPSA) is 199 Å². The van der Waals surface area contributed by atoms with Crippen LogP contribution in [0.5, 0.6) is 0 Å². The Hall–Kier alpha value is -3.07. The van der Waals surface area contributed by atoms with E-state index in [0.29, 0.717) is 0 Å². The zero-order chi connectivity index (χ0) is 17.7. The van der Waals surface area contributed by atoms with Gasteiger partial charge in [0, 0.05) is 0 Å². The van der Waals surface area contributed by atoms with Crippen LogP contribution in [0.4, 0.5) is 8.78 Å². The molecule has 22 heavy (non-hydrogen) atoms. The van der Waals surface area contributed by atoms with Crippen molar-refractivity contribution in [1.82, 2.24) is 0 Å². The fourth-order valence-corrected chi connectivity index (χ4v) is 0.927. The van der Waals surface area contributed by atoms with Gasteiger partial charge in [-0.05, 0) is 0 Å². The maximum absolute atomic E-state index is 13.2. The van der Waals surface area contributed by atoms with Gasteiger partial charge in [-0.2, -0.15) is 0 Å². The normalized spacial score (nSPS) is 11.5. The Morgan fingerprint density at radius 1 is 0.864 bits per heavy atom. The zero-order valence-electron chi connectivity index (χ0n) is 10.2. The summed E-state index contributed by atoms with van der Waals surface area (Å²) in [5.41, 5.74) is 0. The summed E-state index contributed by atoms with van der Waals surface area (Å²) in [6.07, 6.45) is -2.97. The predicted octanol–water partition coefficient (Wildman–Crippen LogP) is -0.337. The minimum Gasteiger partial charge on any atom is -0.446 e. The quantitative estimate of drug-likeness (QED) is 0.177. The second-order valence-corrected chi connectivity index (χ2v) is 3.63. The van der Waals surface area contributed by atoms with Gasteiger partial charge in [-0.1, -0.05) is 8.78 Å². The number of alkyl halides is 2. The van der Waals surface area contributed by atoms with E-state index in [9.17, 15) is 54.0 Å². The van der Waals surface area contributed by atoms with Crippen molar-refractivity contribution in [3.8, 4) is 0 Å². The number of hydrogen-bond donors (Lipinski definition) is 0. The Morgan fingerprint density at radius 3 is 1.55 bits per heavy atom. The van der Waals surface area contributed by atoms with Gasteiger partial charge in [0.05, 0.1) is 6.42 Å². The van der Waals surface area contributed by atoms with Crippen LogP contribution in [0.1, 0.15) is 12.8 Å². The van der Waals surface area contributed by atoms with Crippen molar-refractivity contribution >= 4 is 5.97 Å². The summed E-state index contributed by atoms with van der Waals surface area (Å²) >= 11 is 0. The molecular weight excluding hydrogens is 326 g/mol. The van der Waals surface area contributed by atoms with E-state index in [1.54, 1.807) is 0 Å². The van der Waals surface area contributed by atoms with Crippen LogP contribution in [-0.2, 0) is 9.53 Å². The van der Waals surface area contributed by atoms with Crippen LogP contribution in [0.25, 0.3) is 0 Å². The van der Waals surface area contributed by atoms with E-state index in [-0.39, 0.29) is 0 Å². The van der Waals surface area contributed by atoms with E-state index in [4.69, 9.17) is 0 Å². The fraction of sp³-hybridized carbons (Fsp3) is 0.833. The first kappa shape index (κ1) is 18.9.